The smallest absolute Gasteiger partial charge is 0.322 e. The van der Waals surface area contributed by atoms with E-state index in [0.29, 0.717) is 24.3 Å². The summed E-state index contributed by atoms with van der Waals surface area (Å²) in [5.41, 5.74) is 1.63. The Morgan fingerprint density at radius 2 is 1.94 bits per heavy atom. The van der Waals surface area contributed by atoms with Crippen LogP contribution in [0.4, 0.5) is 5.69 Å². The molecule has 172 valence electrons. The Morgan fingerprint density at radius 1 is 1.18 bits per heavy atom. The first kappa shape index (κ1) is 22.3. The molecule has 1 N–H and O–H groups in total. The zero-order chi connectivity index (χ0) is 23.4. The van der Waals surface area contributed by atoms with Crippen LogP contribution in [-0.4, -0.2) is 77.8 Å². The Labute approximate surface area is 190 Å². The van der Waals surface area contributed by atoms with Crippen LogP contribution in [0.1, 0.15) is 11.3 Å². The summed E-state index contributed by atoms with van der Waals surface area (Å²) in [7, 11) is 3.35. The van der Waals surface area contributed by atoms with Gasteiger partial charge in [-0.3, -0.25) is 20.0 Å². The Bertz CT molecular complexity index is 1200. The first-order valence-corrected chi connectivity index (χ1v) is 10.5. The number of hydrogen-bond donors (Lipinski definition) is 1. The number of H-pyrrole nitrogens is 1. The van der Waals surface area contributed by atoms with Crippen LogP contribution >= 0.6 is 0 Å². The number of ether oxygens (including phenoxy) is 2. The van der Waals surface area contributed by atoms with Gasteiger partial charge < -0.3 is 19.3 Å². The molecule has 0 atom stereocenters. The monoisotopic (exact) mass is 451 g/mol. The number of benzene rings is 2. The SMILES string of the molecule is COc1c(OCC(=O)N2CCN(C)CC2)ccc(C=Cc2n[nH]c3ccccc23)c1[N+](=O)[O-]. The Morgan fingerprint density at radius 3 is 2.67 bits per heavy atom. The molecule has 1 fully saturated rings. The molecule has 0 saturated carbocycles. The number of aromatic amines is 1. The van der Waals surface area contributed by atoms with Gasteiger partial charge in [-0.25, -0.2) is 0 Å². The van der Waals surface area contributed by atoms with Gasteiger partial charge >= 0.3 is 5.69 Å². The highest BCUT2D eigenvalue weighted by molar-refractivity contribution is 5.90. The second-order valence-corrected chi connectivity index (χ2v) is 7.75. The first-order valence-electron chi connectivity index (χ1n) is 10.5. The van der Waals surface area contributed by atoms with Crippen molar-refractivity contribution in [1.82, 2.24) is 20.0 Å². The Hall–Kier alpha value is -3.92. The maximum absolute atomic E-state index is 12.5. The van der Waals surface area contributed by atoms with Crippen molar-refractivity contribution in [2.75, 3.05) is 46.9 Å². The quantitative estimate of drug-likeness (QED) is 0.434. The highest BCUT2D eigenvalue weighted by Gasteiger charge is 2.26. The molecule has 1 aliphatic rings. The van der Waals surface area contributed by atoms with E-state index in [2.05, 4.69) is 15.1 Å². The molecular weight excluding hydrogens is 426 g/mol. The van der Waals surface area contributed by atoms with Gasteiger partial charge in [0.05, 0.1) is 28.8 Å². The van der Waals surface area contributed by atoms with Crippen molar-refractivity contribution in [3.63, 3.8) is 0 Å². The number of piperazine rings is 1. The van der Waals surface area contributed by atoms with Crippen LogP contribution in [0.25, 0.3) is 23.1 Å². The molecule has 1 amide bonds. The molecule has 4 rings (SSSR count). The fourth-order valence-corrected chi connectivity index (χ4v) is 3.77. The second kappa shape index (κ2) is 9.70. The number of methoxy groups -OCH3 is 1. The third-order valence-corrected chi connectivity index (χ3v) is 5.64. The molecule has 0 unspecified atom stereocenters. The second-order valence-electron chi connectivity index (χ2n) is 7.75. The molecular formula is C23H25N5O5. The van der Waals surface area contributed by atoms with Gasteiger partial charge in [0.15, 0.2) is 12.4 Å². The van der Waals surface area contributed by atoms with E-state index in [1.165, 1.54) is 7.11 Å². The van der Waals surface area contributed by atoms with Crippen LogP contribution in [0.5, 0.6) is 11.5 Å². The number of nitrogens with one attached hydrogen (secondary N) is 1. The van der Waals surface area contributed by atoms with Gasteiger partial charge in [-0.1, -0.05) is 18.2 Å². The molecule has 0 bridgehead atoms. The molecule has 10 heteroatoms. The van der Waals surface area contributed by atoms with Crippen molar-refractivity contribution >= 4 is 34.6 Å². The van der Waals surface area contributed by atoms with E-state index in [-0.39, 0.29) is 29.7 Å². The summed E-state index contributed by atoms with van der Waals surface area (Å²) in [5, 5.41) is 20.0. The van der Waals surface area contributed by atoms with Crippen LogP contribution < -0.4 is 9.47 Å². The van der Waals surface area contributed by atoms with E-state index >= 15 is 0 Å². The zero-order valence-corrected chi connectivity index (χ0v) is 18.5. The predicted octanol–water partition coefficient (Wildman–Crippen LogP) is 2.80. The van der Waals surface area contributed by atoms with Crippen molar-refractivity contribution in [1.29, 1.82) is 0 Å². The fourth-order valence-electron chi connectivity index (χ4n) is 3.77. The molecule has 2 aromatic carbocycles. The molecule has 33 heavy (non-hydrogen) atoms. The number of amides is 1. The standard InChI is InChI=1S/C23H25N5O5/c1-26-11-13-27(14-12-26)21(29)15-33-20-10-8-16(22(28(30)31)23(20)32-2)7-9-19-17-5-3-4-6-18(17)24-25-19/h3-10H,11-15H2,1-2H3,(H,24,25). The van der Waals surface area contributed by atoms with Gasteiger partial charge in [0.2, 0.25) is 5.75 Å². The summed E-state index contributed by atoms with van der Waals surface area (Å²) in [4.78, 5) is 27.7. The Balaban J connectivity index is 1.56. The molecule has 1 aliphatic heterocycles. The van der Waals surface area contributed by atoms with Gasteiger partial charge in [0.1, 0.15) is 0 Å². The summed E-state index contributed by atoms with van der Waals surface area (Å²) < 4.78 is 11.0. The number of hydrogen-bond acceptors (Lipinski definition) is 7. The van der Waals surface area contributed by atoms with Crippen LogP contribution in [0, 0.1) is 10.1 Å². The lowest BCUT2D eigenvalue weighted by atomic mass is 10.1. The lowest BCUT2D eigenvalue weighted by Crippen LogP contribution is -2.48. The zero-order valence-electron chi connectivity index (χ0n) is 18.5. The van der Waals surface area contributed by atoms with Gasteiger partial charge in [-0.2, -0.15) is 5.10 Å². The number of nitro groups is 1. The summed E-state index contributed by atoms with van der Waals surface area (Å²) in [6.07, 6.45) is 3.32. The molecule has 3 aromatic rings. The highest BCUT2D eigenvalue weighted by atomic mass is 16.6. The van der Waals surface area contributed by atoms with Crippen molar-refractivity contribution < 1.29 is 19.2 Å². The van der Waals surface area contributed by atoms with E-state index in [9.17, 15) is 14.9 Å². The first-order chi connectivity index (χ1) is 16.0. The topological polar surface area (TPSA) is 114 Å². The third-order valence-electron chi connectivity index (χ3n) is 5.64. The number of nitrogens with zero attached hydrogens (tertiary/aromatic N) is 4. The van der Waals surface area contributed by atoms with E-state index in [1.807, 2.05) is 31.3 Å². The molecule has 10 nitrogen and oxygen atoms in total. The molecule has 0 aliphatic carbocycles. The number of carbonyl (C=O) groups excluding carboxylic acids is 1. The van der Waals surface area contributed by atoms with Gasteiger partial charge in [0.25, 0.3) is 5.91 Å². The summed E-state index contributed by atoms with van der Waals surface area (Å²) >= 11 is 0. The maximum atomic E-state index is 12.5. The fraction of sp³-hybridized carbons (Fsp3) is 0.304. The van der Waals surface area contributed by atoms with Crippen LogP contribution in [0.3, 0.4) is 0 Å². The van der Waals surface area contributed by atoms with Crippen molar-refractivity contribution in [2.45, 2.75) is 0 Å². The number of rotatable bonds is 7. The average molecular weight is 451 g/mol. The van der Waals surface area contributed by atoms with E-state index < -0.39 is 4.92 Å². The molecule has 0 spiro atoms. The van der Waals surface area contributed by atoms with E-state index in [0.717, 1.165) is 24.0 Å². The number of para-hydroxylation sites is 1. The van der Waals surface area contributed by atoms with E-state index in [1.54, 1.807) is 29.2 Å². The number of fused-ring (bicyclic) bond motifs is 1. The summed E-state index contributed by atoms with van der Waals surface area (Å²) in [5.74, 6) is -0.0450. The summed E-state index contributed by atoms with van der Waals surface area (Å²) in [6, 6.07) is 10.8. The largest absolute Gasteiger partial charge is 0.488 e. The average Bonchev–Trinajstić information content (AvgIpc) is 3.24. The molecule has 1 saturated heterocycles. The minimum atomic E-state index is -0.518. The third kappa shape index (κ3) is 4.80. The van der Waals surface area contributed by atoms with Gasteiger partial charge in [-0.15, -0.1) is 0 Å². The predicted molar refractivity (Wildman–Crippen MR) is 124 cm³/mol. The number of nitro benzene ring substituents is 1. The van der Waals surface area contributed by atoms with Gasteiger partial charge in [0, 0.05) is 31.6 Å². The Kier molecular flexibility index (Phi) is 6.55. The van der Waals surface area contributed by atoms with Crippen LogP contribution in [0.15, 0.2) is 36.4 Å². The number of aromatic nitrogens is 2. The summed E-state index contributed by atoms with van der Waals surface area (Å²) in [6.45, 7) is 2.63. The lowest BCUT2D eigenvalue weighted by molar-refractivity contribution is -0.386. The number of likely N-dealkylation sites (N-methyl/N-ethyl adjacent to an activating group) is 1. The minimum absolute atomic E-state index is 0.0276. The molecule has 0 radical (unpaired) electrons. The van der Waals surface area contributed by atoms with Crippen molar-refractivity contribution in [2.24, 2.45) is 0 Å². The normalized spacial score (nSPS) is 14.7. The van der Waals surface area contributed by atoms with Crippen LogP contribution in [-0.2, 0) is 4.79 Å². The van der Waals surface area contributed by atoms with E-state index in [4.69, 9.17) is 9.47 Å². The van der Waals surface area contributed by atoms with Crippen molar-refractivity contribution in [3.05, 3.63) is 57.8 Å². The maximum Gasteiger partial charge on any atom is 0.322 e. The van der Waals surface area contributed by atoms with Crippen molar-refractivity contribution in [3.8, 4) is 11.5 Å². The minimum Gasteiger partial charge on any atom is -0.488 e. The molecule has 1 aromatic heterocycles. The molecule has 2 heterocycles. The number of carbonyl (C=O) groups is 1. The van der Waals surface area contributed by atoms with Gasteiger partial charge in [-0.05, 0) is 37.4 Å². The lowest BCUT2D eigenvalue weighted by Gasteiger charge is -2.32. The van der Waals surface area contributed by atoms with Crippen LogP contribution in [0.2, 0.25) is 0 Å². The highest BCUT2D eigenvalue weighted by Crippen LogP contribution is 2.40.